The molecule has 184 valence electrons. The number of halogens is 2. The highest BCUT2D eigenvalue weighted by Crippen LogP contribution is 2.29. The highest BCUT2D eigenvalue weighted by Gasteiger charge is 2.36. The Balaban J connectivity index is 0.00000204. The molecule has 34 heavy (non-hydrogen) atoms. The third kappa shape index (κ3) is 6.81. The lowest BCUT2D eigenvalue weighted by Crippen LogP contribution is -2.57. The third-order valence-electron chi connectivity index (χ3n) is 6.37. The number of piperazine rings is 1. The monoisotopic (exact) mass is 521 g/mol. The molecule has 1 aliphatic heterocycles. The van der Waals surface area contributed by atoms with Crippen LogP contribution in [0.4, 0.5) is 0 Å². The SMILES string of the molecule is CC(CNS(=O)(=O)c1ccccc1)(c1ccccc1)N1CCN(Cc2ccccc2)CC1.Cl.Cl. The van der Waals surface area contributed by atoms with Crippen LogP contribution in [0, 0.1) is 0 Å². The molecule has 0 saturated carbocycles. The van der Waals surface area contributed by atoms with Gasteiger partial charge in [-0.25, -0.2) is 13.1 Å². The van der Waals surface area contributed by atoms with E-state index in [2.05, 4.69) is 57.8 Å². The van der Waals surface area contributed by atoms with E-state index in [9.17, 15) is 8.42 Å². The predicted molar refractivity (Wildman–Crippen MR) is 143 cm³/mol. The van der Waals surface area contributed by atoms with Crippen molar-refractivity contribution in [2.45, 2.75) is 23.9 Å². The van der Waals surface area contributed by atoms with Crippen molar-refractivity contribution in [3.8, 4) is 0 Å². The summed E-state index contributed by atoms with van der Waals surface area (Å²) in [5.74, 6) is 0. The van der Waals surface area contributed by atoms with Crippen molar-refractivity contribution >= 4 is 34.8 Å². The van der Waals surface area contributed by atoms with Crippen LogP contribution >= 0.6 is 24.8 Å². The summed E-state index contributed by atoms with van der Waals surface area (Å²) >= 11 is 0. The Morgan fingerprint density at radius 2 is 1.26 bits per heavy atom. The van der Waals surface area contributed by atoms with Gasteiger partial charge in [0.1, 0.15) is 0 Å². The fourth-order valence-electron chi connectivity index (χ4n) is 4.35. The number of benzene rings is 3. The van der Waals surface area contributed by atoms with Gasteiger partial charge < -0.3 is 0 Å². The lowest BCUT2D eigenvalue weighted by molar-refractivity contribution is 0.0397. The molecule has 3 aromatic rings. The zero-order valence-electron chi connectivity index (χ0n) is 19.3. The van der Waals surface area contributed by atoms with Crippen LogP contribution in [-0.4, -0.2) is 50.9 Å². The van der Waals surface area contributed by atoms with Gasteiger partial charge in [-0.2, -0.15) is 0 Å². The Morgan fingerprint density at radius 3 is 1.82 bits per heavy atom. The summed E-state index contributed by atoms with van der Waals surface area (Å²) in [5, 5.41) is 0. The highest BCUT2D eigenvalue weighted by atomic mass is 35.5. The molecule has 0 amide bonds. The second-order valence-corrected chi connectivity index (χ2v) is 10.3. The van der Waals surface area contributed by atoms with E-state index in [0.29, 0.717) is 11.4 Å². The molecule has 0 bridgehead atoms. The first-order valence-electron chi connectivity index (χ1n) is 11.1. The first kappa shape index (κ1) is 28.3. The van der Waals surface area contributed by atoms with Crippen LogP contribution < -0.4 is 4.72 Å². The quantitative estimate of drug-likeness (QED) is 0.472. The predicted octanol–water partition coefficient (Wildman–Crippen LogP) is 4.54. The van der Waals surface area contributed by atoms with Crippen molar-refractivity contribution in [2.24, 2.45) is 0 Å². The molecule has 1 unspecified atom stereocenters. The summed E-state index contributed by atoms with van der Waals surface area (Å²) in [5.41, 5.74) is 2.00. The van der Waals surface area contributed by atoms with Crippen molar-refractivity contribution < 1.29 is 8.42 Å². The molecule has 1 N–H and O–H groups in total. The maximum Gasteiger partial charge on any atom is 0.240 e. The van der Waals surface area contributed by atoms with E-state index in [1.807, 2.05) is 30.3 Å². The molecule has 1 fully saturated rings. The molecule has 5 nitrogen and oxygen atoms in total. The molecular weight excluding hydrogens is 489 g/mol. The largest absolute Gasteiger partial charge is 0.297 e. The molecule has 0 aliphatic carbocycles. The number of sulfonamides is 1. The van der Waals surface area contributed by atoms with Gasteiger partial charge in [0, 0.05) is 39.3 Å². The standard InChI is InChI=1S/C26H31N3O2S.2ClH/c1-26(24-13-7-3-8-14-24,22-27-32(30,31)25-15-9-4-10-16-25)29-19-17-28(18-20-29)21-23-11-5-2-6-12-23;;/h2-16,27H,17-22H2,1H3;2*1H. The molecule has 0 spiro atoms. The number of nitrogens with one attached hydrogen (secondary N) is 1. The maximum atomic E-state index is 12.9. The summed E-state index contributed by atoms with van der Waals surface area (Å²) in [4.78, 5) is 5.17. The average molecular weight is 523 g/mol. The highest BCUT2D eigenvalue weighted by molar-refractivity contribution is 7.89. The summed E-state index contributed by atoms with van der Waals surface area (Å²) in [7, 11) is -3.58. The Hall–Kier alpha value is -1.93. The van der Waals surface area contributed by atoms with Gasteiger partial charge in [0.2, 0.25) is 10.0 Å². The summed E-state index contributed by atoms with van der Waals surface area (Å²) in [6, 6.07) is 29.3. The molecular formula is C26H33Cl2N3O2S. The molecule has 1 saturated heterocycles. The number of nitrogens with zero attached hydrogens (tertiary/aromatic N) is 2. The van der Waals surface area contributed by atoms with E-state index in [4.69, 9.17) is 0 Å². The lowest BCUT2D eigenvalue weighted by Gasteiger charge is -2.46. The van der Waals surface area contributed by atoms with E-state index in [0.717, 1.165) is 38.3 Å². The topological polar surface area (TPSA) is 52.7 Å². The van der Waals surface area contributed by atoms with Crippen LogP contribution in [0.1, 0.15) is 18.1 Å². The van der Waals surface area contributed by atoms with Crippen molar-refractivity contribution in [3.05, 3.63) is 102 Å². The summed E-state index contributed by atoms with van der Waals surface area (Å²) in [6.45, 7) is 7.05. The zero-order valence-corrected chi connectivity index (χ0v) is 21.8. The van der Waals surface area contributed by atoms with Gasteiger partial charge in [-0.1, -0.05) is 78.9 Å². The smallest absolute Gasteiger partial charge is 0.240 e. The second-order valence-electron chi connectivity index (χ2n) is 8.53. The summed E-state index contributed by atoms with van der Waals surface area (Å²) in [6.07, 6.45) is 0. The van der Waals surface area contributed by atoms with Crippen molar-refractivity contribution in [1.29, 1.82) is 0 Å². The van der Waals surface area contributed by atoms with E-state index in [-0.39, 0.29) is 24.8 Å². The van der Waals surface area contributed by atoms with Gasteiger partial charge in [0.05, 0.1) is 10.4 Å². The van der Waals surface area contributed by atoms with Crippen molar-refractivity contribution in [3.63, 3.8) is 0 Å². The Morgan fingerprint density at radius 1 is 0.765 bits per heavy atom. The zero-order chi connectivity index (χ0) is 22.4. The molecule has 0 aromatic heterocycles. The number of rotatable bonds is 8. The number of hydrogen-bond acceptors (Lipinski definition) is 4. The molecule has 0 radical (unpaired) electrons. The molecule has 4 rings (SSSR count). The van der Waals surface area contributed by atoms with Crippen LogP contribution in [0.25, 0.3) is 0 Å². The molecule has 1 heterocycles. The van der Waals surface area contributed by atoms with Crippen LogP contribution in [0.2, 0.25) is 0 Å². The normalized spacial score (nSPS) is 16.6. The molecule has 1 aliphatic rings. The Labute approximate surface area is 216 Å². The fraction of sp³-hybridized carbons (Fsp3) is 0.308. The fourth-order valence-corrected chi connectivity index (χ4v) is 5.51. The van der Waals surface area contributed by atoms with Crippen LogP contribution in [0.3, 0.4) is 0 Å². The van der Waals surface area contributed by atoms with Crippen LogP contribution in [-0.2, 0) is 22.1 Å². The Bertz CT molecular complexity index is 1090. The maximum absolute atomic E-state index is 12.9. The molecule has 8 heteroatoms. The molecule has 3 aromatic carbocycles. The van der Waals surface area contributed by atoms with Gasteiger partial charge in [-0.3, -0.25) is 9.80 Å². The minimum absolute atomic E-state index is 0. The third-order valence-corrected chi connectivity index (χ3v) is 7.79. The first-order chi connectivity index (χ1) is 15.5. The second kappa shape index (κ2) is 12.7. The minimum atomic E-state index is -3.58. The van der Waals surface area contributed by atoms with Gasteiger partial charge in [-0.15, -0.1) is 24.8 Å². The average Bonchev–Trinajstić information content (AvgIpc) is 2.85. The van der Waals surface area contributed by atoms with Crippen LogP contribution in [0.15, 0.2) is 95.9 Å². The number of hydrogen-bond donors (Lipinski definition) is 1. The van der Waals surface area contributed by atoms with E-state index in [1.165, 1.54) is 5.56 Å². The van der Waals surface area contributed by atoms with Crippen molar-refractivity contribution in [1.82, 2.24) is 14.5 Å². The lowest BCUT2D eigenvalue weighted by atomic mass is 9.89. The summed E-state index contributed by atoms with van der Waals surface area (Å²) < 4.78 is 28.7. The Kier molecular flexibility index (Phi) is 10.6. The van der Waals surface area contributed by atoms with Gasteiger partial charge in [0.25, 0.3) is 0 Å². The van der Waals surface area contributed by atoms with Gasteiger partial charge in [-0.05, 0) is 30.2 Å². The van der Waals surface area contributed by atoms with Gasteiger partial charge >= 0.3 is 0 Å². The van der Waals surface area contributed by atoms with E-state index in [1.54, 1.807) is 24.3 Å². The minimum Gasteiger partial charge on any atom is -0.297 e. The van der Waals surface area contributed by atoms with Crippen molar-refractivity contribution in [2.75, 3.05) is 32.7 Å². The van der Waals surface area contributed by atoms with E-state index < -0.39 is 15.6 Å². The van der Waals surface area contributed by atoms with Crippen LogP contribution in [0.5, 0.6) is 0 Å². The van der Waals surface area contributed by atoms with E-state index >= 15 is 0 Å². The first-order valence-corrected chi connectivity index (χ1v) is 12.6. The molecule has 1 atom stereocenters. The van der Waals surface area contributed by atoms with Gasteiger partial charge in [0.15, 0.2) is 0 Å².